The first-order valence-corrected chi connectivity index (χ1v) is 6.65. The predicted octanol–water partition coefficient (Wildman–Crippen LogP) is 2.97. The number of hydrogen-bond donors (Lipinski definition) is 2. The summed E-state index contributed by atoms with van der Waals surface area (Å²) >= 11 is 0. The van der Waals surface area contributed by atoms with Crippen molar-refractivity contribution in [3.63, 3.8) is 0 Å². The lowest BCUT2D eigenvalue weighted by molar-refractivity contribution is 0.340. The maximum Gasteiger partial charge on any atom is 0.119 e. The molecular weight excluding hydrogens is 238 g/mol. The van der Waals surface area contributed by atoms with Crippen LogP contribution in [-0.4, -0.2) is 16.8 Å². The number of aryl methyl sites for hydroxylation is 1. The normalized spacial score (nSPS) is 12.4. The Labute approximate surface area is 114 Å². The molecule has 0 radical (unpaired) electrons. The summed E-state index contributed by atoms with van der Waals surface area (Å²) in [5.74, 6) is 0.920. The van der Waals surface area contributed by atoms with E-state index in [1.54, 1.807) is 0 Å². The highest BCUT2D eigenvalue weighted by atomic mass is 16.5. The van der Waals surface area contributed by atoms with Crippen LogP contribution in [0, 0.1) is 6.92 Å². The quantitative estimate of drug-likeness (QED) is 0.838. The summed E-state index contributed by atoms with van der Waals surface area (Å²) in [5, 5.41) is 10.5. The third kappa shape index (κ3) is 3.58. The van der Waals surface area contributed by atoms with Crippen LogP contribution in [0.4, 0.5) is 0 Å². The van der Waals surface area contributed by atoms with Gasteiger partial charge in [0, 0.05) is 23.8 Å². The fourth-order valence-electron chi connectivity index (χ4n) is 1.95. The molecule has 4 heteroatoms. The monoisotopic (exact) mass is 259 g/mol. The number of H-pyrrole nitrogens is 1. The van der Waals surface area contributed by atoms with Crippen LogP contribution in [0.25, 0.3) is 0 Å². The van der Waals surface area contributed by atoms with E-state index in [0.717, 1.165) is 18.0 Å². The fourth-order valence-corrected chi connectivity index (χ4v) is 1.95. The van der Waals surface area contributed by atoms with Gasteiger partial charge in [-0.3, -0.25) is 5.10 Å². The number of nitrogens with one attached hydrogen (secondary N) is 2. The second kappa shape index (κ2) is 6.38. The summed E-state index contributed by atoms with van der Waals surface area (Å²) < 4.78 is 5.44. The molecule has 0 saturated heterocycles. The second-order valence-corrected chi connectivity index (χ2v) is 4.62. The highest BCUT2D eigenvalue weighted by Gasteiger charge is 2.07. The molecule has 2 N–H and O–H groups in total. The highest BCUT2D eigenvalue weighted by molar-refractivity contribution is 5.29. The van der Waals surface area contributed by atoms with Gasteiger partial charge < -0.3 is 10.1 Å². The van der Waals surface area contributed by atoms with Crippen molar-refractivity contribution in [2.75, 3.05) is 6.61 Å². The van der Waals surface area contributed by atoms with E-state index in [0.29, 0.717) is 12.6 Å². The van der Waals surface area contributed by atoms with Crippen LogP contribution in [0.5, 0.6) is 5.75 Å². The average Bonchev–Trinajstić information content (AvgIpc) is 2.83. The Hall–Kier alpha value is -1.81. The van der Waals surface area contributed by atoms with E-state index < -0.39 is 0 Å². The van der Waals surface area contributed by atoms with Crippen LogP contribution in [0.2, 0.25) is 0 Å². The molecule has 19 heavy (non-hydrogen) atoms. The van der Waals surface area contributed by atoms with E-state index in [1.807, 2.05) is 32.2 Å². The third-order valence-electron chi connectivity index (χ3n) is 3.22. The molecule has 0 aliphatic rings. The lowest BCUT2D eigenvalue weighted by Crippen LogP contribution is -2.18. The summed E-state index contributed by atoms with van der Waals surface area (Å²) in [5.41, 5.74) is 3.58. The largest absolute Gasteiger partial charge is 0.494 e. The minimum atomic E-state index is 0.296. The molecule has 0 aliphatic carbocycles. The van der Waals surface area contributed by atoms with Crippen LogP contribution < -0.4 is 10.1 Å². The van der Waals surface area contributed by atoms with Gasteiger partial charge in [0.25, 0.3) is 0 Å². The minimum absolute atomic E-state index is 0.296. The minimum Gasteiger partial charge on any atom is -0.494 e. The molecule has 0 amide bonds. The molecule has 0 bridgehead atoms. The molecule has 4 nitrogen and oxygen atoms in total. The van der Waals surface area contributed by atoms with E-state index in [9.17, 15) is 0 Å². The van der Waals surface area contributed by atoms with Gasteiger partial charge in [0.1, 0.15) is 5.75 Å². The number of benzene rings is 1. The van der Waals surface area contributed by atoms with Gasteiger partial charge in [0.15, 0.2) is 0 Å². The van der Waals surface area contributed by atoms with Gasteiger partial charge in [-0.05, 0) is 38.5 Å². The number of rotatable bonds is 6. The lowest BCUT2D eigenvalue weighted by Gasteiger charge is -2.14. The molecule has 0 aliphatic heterocycles. The van der Waals surface area contributed by atoms with Gasteiger partial charge in [0.2, 0.25) is 0 Å². The van der Waals surface area contributed by atoms with Gasteiger partial charge in [-0.15, -0.1) is 0 Å². The van der Waals surface area contributed by atoms with E-state index in [2.05, 4.69) is 34.6 Å². The van der Waals surface area contributed by atoms with Gasteiger partial charge in [-0.2, -0.15) is 5.10 Å². The van der Waals surface area contributed by atoms with E-state index >= 15 is 0 Å². The Kier molecular flexibility index (Phi) is 4.58. The molecule has 2 rings (SSSR count). The number of hydrogen-bond acceptors (Lipinski definition) is 3. The summed E-state index contributed by atoms with van der Waals surface area (Å²) in [6, 6.07) is 8.53. The molecule has 0 fully saturated rings. The van der Waals surface area contributed by atoms with E-state index in [1.165, 1.54) is 11.1 Å². The van der Waals surface area contributed by atoms with Gasteiger partial charge in [-0.1, -0.05) is 12.1 Å². The van der Waals surface area contributed by atoms with Crippen LogP contribution >= 0.6 is 0 Å². The van der Waals surface area contributed by atoms with Crippen molar-refractivity contribution >= 4 is 0 Å². The molecule has 1 aromatic carbocycles. The molecule has 2 aromatic rings. The molecule has 1 heterocycles. The van der Waals surface area contributed by atoms with E-state index in [4.69, 9.17) is 4.74 Å². The average molecular weight is 259 g/mol. The molecule has 102 valence electrons. The van der Waals surface area contributed by atoms with Crippen molar-refractivity contribution < 1.29 is 4.74 Å². The van der Waals surface area contributed by atoms with Crippen LogP contribution in [0.3, 0.4) is 0 Å². The molecule has 1 atom stereocenters. The topological polar surface area (TPSA) is 49.9 Å². The Balaban J connectivity index is 1.92. The van der Waals surface area contributed by atoms with Gasteiger partial charge in [0.05, 0.1) is 12.8 Å². The predicted molar refractivity (Wildman–Crippen MR) is 76.2 cm³/mol. The van der Waals surface area contributed by atoms with Gasteiger partial charge in [-0.25, -0.2) is 0 Å². The fraction of sp³-hybridized carbons (Fsp3) is 0.400. The van der Waals surface area contributed by atoms with Gasteiger partial charge >= 0.3 is 0 Å². The first-order valence-electron chi connectivity index (χ1n) is 6.65. The summed E-state index contributed by atoms with van der Waals surface area (Å²) in [4.78, 5) is 0. The zero-order chi connectivity index (χ0) is 13.7. The number of nitrogens with zero attached hydrogens (tertiary/aromatic N) is 1. The highest BCUT2D eigenvalue weighted by Crippen LogP contribution is 2.18. The zero-order valence-electron chi connectivity index (χ0n) is 11.7. The first-order chi connectivity index (χ1) is 9.20. The van der Waals surface area contributed by atoms with Crippen LogP contribution in [0.1, 0.15) is 36.7 Å². The molecule has 0 unspecified atom stereocenters. The Morgan fingerprint density at radius 1 is 1.32 bits per heavy atom. The lowest BCUT2D eigenvalue weighted by atomic mass is 10.1. The number of aromatic nitrogens is 2. The molecule has 1 aromatic heterocycles. The van der Waals surface area contributed by atoms with Crippen molar-refractivity contribution in [2.24, 2.45) is 0 Å². The molecule has 0 saturated carbocycles. The Morgan fingerprint density at radius 2 is 2.05 bits per heavy atom. The van der Waals surface area contributed by atoms with Crippen LogP contribution in [0.15, 0.2) is 30.5 Å². The Bertz CT molecular complexity index is 504. The maximum atomic E-state index is 5.44. The van der Waals surface area contributed by atoms with Crippen molar-refractivity contribution in [3.8, 4) is 5.75 Å². The zero-order valence-corrected chi connectivity index (χ0v) is 11.7. The molecule has 0 spiro atoms. The smallest absolute Gasteiger partial charge is 0.119 e. The van der Waals surface area contributed by atoms with Crippen molar-refractivity contribution in [3.05, 3.63) is 47.3 Å². The standard InChI is InChI=1S/C15H21N3O/c1-4-19-15-7-5-13(6-8-15)11(2)16-9-14-10-17-18-12(14)3/h5-8,10-11,16H,4,9H2,1-3H3,(H,17,18)/t11-/m0/s1. The van der Waals surface area contributed by atoms with E-state index in [-0.39, 0.29) is 0 Å². The molecular formula is C15H21N3O. The first kappa shape index (κ1) is 13.6. The van der Waals surface area contributed by atoms with Crippen molar-refractivity contribution in [1.29, 1.82) is 0 Å². The number of aromatic amines is 1. The van der Waals surface area contributed by atoms with Crippen molar-refractivity contribution in [1.82, 2.24) is 15.5 Å². The maximum absolute atomic E-state index is 5.44. The summed E-state index contributed by atoms with van der Waals surface area (Å²) in [6.45, 7) is 7.70. The number of ether oxygens (including phenoxy) is 1. The summed E-state index contributed by atoms with van der Waals surface area (Å²) in [7, 11) is 0. The SMILES string of the molecule is CCOc1ccc([C@H](C)NCc2cn[nH]c2C)cc1. The second-order valence-electron chi connectivity index (χ2n) is 4.62. The third-order valence-corrected chi connectivity index (χ3v) is 3.22. The Morgan fingerprint density at radius 3 is 2.63 bits per heavy atom. The van der Waals surface area contributed by atoms with Crippen LogP contribution in [-0.2, 0) is 6.54 Å². The summed E-state index contributed by atoms with van der Waals surface area (Å²) in [6.07, 6.45) is 1.87. The van der Waals surface area contributed by atoms with Crippen molar-refractivity contribution in [2.45, 2.75) is 33.4 Å².